The van der Waals surface area contributed by atoms with Crippen molar-refractivity contribution in [3.63, 3.8) is 0 Å². The number of imidazole rings is 1. The molecule has 164 valence electrons. The summed E-state index contributed by atoms with van der Waals surface area (Å²) in [5, 5.41) is 10.4. The van der Waals surface area contributed by atoms with Gasteiger partial charge < -0.3 is 4.74 Å². The number of nitrogens with zero attached hydrogens (tertiary/aromatic N) is 4. The maximum absolute atomic E-state index is 12.7. The first-order valence-corrected chi connectivity index (χ1v) is 10.4. The zero-order valence-corrected chi connectivity index (χ0v) is 19.2. The quantitative estimate of drug-likeness (QED) is 0.623. The lowest BCUT2D eigenvalue weighted by Gasteiger charge is -2.18. The Morgan fingerprint density at radius 3 is 2.53 bits per heavy atom. The van der Waals surface area contributed by atoms with Crippen LogP contribution in [0.3, 0.4) is 0 Å². The Morgan fingerprint density at radius 1 is 1.22 bits per heavy atom. The van der Waals surface area contributed by atoms with E-state index >= 15 is 0 Å². The van der Waals surface area contributed by atoms with Crippen LogP contribution in [0.2, 0.25) is 0 Å². The van der Waals surface area contributed by atoms with Crippen molar-refractivity contribution in [2.45, 2.75) is 34.2 Å². The third kappa shape index (κ3) is 5.25. The van der Waals surface area contributed by atoms with Gasteiger partial charge in [0.2, 0.25) is 5.88 Å². The lowest BCUT2D eigenvalue weighted by Crippen LogP contribution is -2.35. The largest absolute Gasteiger partial charge is 0.439 e. The summed E-state index contributed by atoms with van der Waals surface area (Å²) in [6.45, 7) is 12.9. The van der Waals surface area contributed by atoms with Gasteiger partial charge in [-0.1, -0.05) is 39.5 Å². The van der Waals surface area contributed by atoms with Crippen molar-refractivity contribution in [1.82, 2.24) is 14.1 Å². The van der Waals surface area contributed by atoms with Crippen LogP contribution in [0, 0.1) is 16.7 Å². The van der Waals surface area contributed by atoms with Crippen molar-refractivity contribution in [1.29, 1.82) is 5.26 Å². The third-order valence-corrected chi connectivity index (χ3v) is 4.97. The molecule has 0 unspecified atom stereocenters. The second-order valence-electron chi connectivity index (χ2n) is 8.94. The molecule has 0 atom stereocenters. The van der Waals surface area contributed by atoms with E-state index in [0.717, 1.165) is 16.6 Å². The van der Waals surface area contributed by atoms with Gasteiger partial charge in [-0.05, 0) is 54.3 Å². The second kappa shape index (κ2) is 9.11. The lowest BCUT2D eigenvalue weighted by atomic mass is 9.97. The molecule has 0 aliphatic carbocycles. The summed E-state index contributed by atoms with van der Waals surface area (Å²) < 4.78 is 9.17. The average Bonchev–Trinajstić information content (AvgIpc) is 2.95. The van der Waals surface area contributed by atoms with Crippen molar-refractivity contribution in [2.75, 3.05) is 0 Å². The molecule has 0 radical (unpaired) electrons. The standard InChI is InChI=1S/C26H28N4O2/c1-18(10-15-23-19(2)29(6)25(31)30(23)17-26(3,4)5)22-8-7-9-24(28-22)32-21-13-11-20(16-27)12-14-21/h7-15H,2,17H2,1,3-6H3/b18-10+,23-15+. The fourth-order valence-corrected chi connectivity index (χ4v) is 3.24. The molecule has 0 bridgehead atoms. The van der Waals surface area contributed by atoms with Crippen LogP contribution in [0.1, 0.15) is 39.0 Å². The van der Waals surface area contributed by atoms with Gasteiger partial charge in [0.1, 0.15) is 5.75 Å². The first-order valence-electron chi connectivity index (χ1n) is 10.4. The van der Waals surface area contributed by atoms with Gasteiger partial charge in [0, 0.05) is 19.7 Å². The van der Waals surface area contributed by atoms with Gasteiger partial charge in [0.25, 0.3) is 0 Å². The van der Waals surface area contributed by atoms with Crippen molar-refractivity contribution in [3.8, 4) is 17.7 Å². The highest BCUT2D eigenvalue weighted by molar-refractivity contribution is 5.67. The van der Waals surface area contributed by atoms with E-state index in [9.17, 15) is 4.79 Å². The molecule has 0 aliphatic heterocycles. The molecule has 6 nitrogen and oxygen atoms in total. The van der Waals surface area contributed by atoms with Crippen molar-refractivity contribution in [2.24, 2.45) is 12.5 Å². The van der Waals surface area contributed by atoms with Gasteiger partial charge in [-0.15, -0.1) is 0 Å². The number of aromatic nitrogens is 3. The van der Waals surface area contributed by atoms with Crippen LogP contribution in [0.4, 0.5) is 0 Å². The maximum atomic E-state index is 12.7. The summed E-state index contributed by atoms with van der Waals surface area (Å²) in [4.78, 5) is 17.2. The van der Waals surface area contributed by atoms with Crippen molar-refractivity contribution < 1.29 is 4.74 Å². The van der Waals surface area contributed by atoms with E-state index in [2.05, 4.69) is 38.4 Å². The Kier molecular flexibility index (Phi) is 6.50. The molecule has 0 saturated heterocycles. The smallest absolute Gasteiger partial charge is 0.328 e. The Morgan fingerprint density at radius 2 is 1.91 bits per heavy atom. The van der Waals surface area contributed by atoms with Gasteiger partial charge in [-0.3, -0.25) is 9.13 Å². The normalized spacial score (nSPS) is 12.6. The van der Waals surface area contributed by atoms with Gasteiger partial charge in [0.05, 0.1) is 28.0 Å². The fourth-order valence-electron chi connectivity index (χ4n) is 3.24. The van der Waals surface area contributed by atoms with Crippen LogP contribution < -0.4 is 21.1 Å². The van der Waals surface area contributed by atoms with E-state index in [0.29, 0.717) is 29.1 Å². The monoisotopic (exact) mass is 428 g/mol. The minimum absolute atomic E-state index is 0.0440. The molecule has 0 N–H and O–H groups in total. The molecule has 2 heterocycles. The molecule has 32 heavy (non-hydrogen) atoms. The number of hydrogen-bond acceptors (Lipinski definition) is 4. The van der Waals surface area contributed by atoms with Crippen LogP contribution in [0.5, 0.6) is 11.6 Å². The molecule has 1 aromatic carbocycles. The molecule has 6 heteroatoms. The summed E-state index contributed by atoms with van der Waals surface area (Å²) in [5.74, 6) is 1.07. The van der Waals surface area contributed by atoms with E-state index in [1.165, 1.54) is 0 Å². The van der Waals surface area contributed by atoms with Crippen molar-refractivity contribution in [3.05, 3.63) is 81.0 Å². The summed E-state index contributed by atoms with van der Waals surface area (Å²) >= 11 is 0. The summed E-state index contributed by atoms with van der Waals surface area (Å²) in [5.41, 5.74) is 2.14. The molecule has 0 aliphatic rings. The van der Waals surface area contributed by atoms with Crippen LogP contribution >= 0.6 is 0 Å². The molecular weight excluding hydrogens is 400 g/mol. The van der Waals surface area contributed by atoms with E-state index in [-0.39, 0.29) is 11.1 Å². The minimum atomic E-state index is -0.0711. The molecule has 0 fully saturated rings. The SMILES string of the molecule is C=c1/c(=C\C=C(/C)c2cccc(Oc3ccc(C#N)cc3)n2)n(CC(C)(C)C)c(=O)n1C. The number of rotatable bonds is 5. The topological polar surface area (TPSA) is 72.8 Å². The Hall–Kier alpha value is -3.85. The molecule has 0 saturated carbocycles. The first kappa shape index (κ1) is 22.8. The fraction of sp³-hybridized carbons (Fsp3) is 0.269. The second-order valence-corrected chi connectivity index (χ2v) is 8.94. The lowest BCUT2D eigenvalue weighted by molar-refractivity contribution is 0.333. The predicted molar refractivity (Wildman–Crippen MR) is 127 cm³/mol. The number of pyridine rings is 1. The van der Waals surface area contributed by atoms with Crippen molar-refractivity contribution >= 4 is 18.2 Å². The summed E-state index contributed by atoms with van der Waals surface area (Å²) in [6.07, 6.45) is 3.86. The highest BCUT2D eigenvalue weighted by Crippen LogP contribution is 2.22. The first-order chi connectivity index (χ1) is 15.1. The van der Waals surface area contributed by atoms with Crippen LogP contribution in [-0.2, 0) is 13.6 Å². The Balaban J connectivity index is 1.93. The highest BCUT2D eigenvalue weighted by Gasteiger charge is 2.15. The van der Waals surface area contributed by atoms with E-state index in [1.54, 1.807) is 46.5 Å². The zero-order chi connectivity index (χ0) is 23.5. The predicted octanol–water partition coefficient (Wildman–Crippen LogP) is 3.59. The molecule has 2 aromatic heterocycles. The van der Waals surface area contributed by atoms with Crippen LogP contribution in [-0.4, -0.2) is 14.1 Å². The number of allylic oxidation sites excluding steroid dienone is 2. The number of benzene rings is 1. The average molecular weight is 429 g/mol. The minimum Gasteiger partial charge on any atom is -0.439 e. The van der Waals surface area contributed by atoms with Gasteiger partial charge in [0.15, 0.2) is 0 Å². The summed E-state index contributed by atoms with van der Waals surface area (Å²) in [7, 11) is 1.74. The molecule has 3 aromatic rings. The van der Waals surface area contributed by atoms with E-state index in [1.807, 2.05) is 31.2 Å². The zero-order valence-electron chi connectivity index (χ0n) is 19.2. The van der Waals surface area contributed by atoms with Gasteiger partial charge in [-0.2, -0.15) is 5.26 Å². The molecule has 3 rings (SSSR count). The Bertz CT molecular complexity index is 1360. The number of hydrogen-bond donors (Lipinski definition) is 0. The number of nitriles is 1. The van der Waals surface area contributed by atoms with Gasteiger partial charge in [-0.25, -0.2) is 9.78 Å². The molecule has 0 amide bonds. The van der Waals surface area contributed by atoms with E-state index in [4.69, 9.17) is 10.00 Å². The summed E-state index contributed by atoms with van der Waals surface area (Å²) in [6, 6.07) is 14.5. The van der Waals surface area contributed by atoms with Crippen LogP contribution in [0.15, 0.2) is 53.3 Å². The number of ether oxygens (including phenoxy) is 1. The van der Waals surface area contributed by atoms with E-state index < -0.39 is 0 Å². The van der Waals surface area contributed by atoms with Crippen LogP contribution in [0.25, 0.3) is 18.2 Å². The third-order valence-electron chi connectivity index (χ3n) is 4.97. The van der Waals surface area contributed by atoms with Gasteiger partial charge >= 0.3 is 5.69 Å². The Labute approximate surface area is 188 Å². The molecule has 0 spiro atoms. The molecular formula is C26H28N4O2. The highest BCUT2D eigenvalue weighted by atomic mass is 16.5. The maximum Gasteiger partial charge on any atom is 0.328 e.